The van der Waals surface area contributed by atoms with Crippen LogP contribution in [0.25, 0.3) is 0 Å². The SMILES string of the molecule is CCOC(=O)Cc1csc(NN=Cc2ccc(OCCC(C)C)c(OCC)c2)n1. The van der Waals surface area contributed by atoms with E-state index < -0.39 is 0 Å². The molecule has 1 aromatic carbocycles. The minimum atomic E-state index is -0.285. The second-order valence-electron chi connectivity index (χ2n) is 6.67. The number of nitrogens with one attached hydrogen (secondary N) is 1. The fourth-order valence-electron chi connectivity index (χ4n) is 2.36. The molecule has 0 fully saturated rings. The number of nitrogens with zero attached hydrogens (tertiary/aromatic N) is 2. The number of hydrogen-bond donors (Lipinski definition) is 1. The molecule has 0 aliphatic rings. The lowest BCUT2D eigenvalue weighted by Gasteiger charge is -2.13. The van der Waals surface area contributed by atoms with E-state index in [0.717, 1.165) is 17.7 Å². The van der Waals surface area contributed by atoms with E-state index in [1.165, 1.54) is 11.3 Å². The molecule has 0 saturated heterocycles. The first kappa shape index (κ1) is 22.7. The maximum atomic E-state index is 11.5. The average molecular weight is 420 g/mol. The third kappa shape index (κ3) is 8.11. The molecule has 1 heterocycles. The van der Waals surface area contributed by atoms with Gasteiger partial charge in [0.1, 0.15) is 0 Å². The van der Waals surface area contributed by atoms with Gasteiger partial charge in [0, 0.05) is 5.38 Å². The first-order valence-electron chi connectivity index (χ1n) is 9.80. The average Bonchev–Trinajstić information content (AvgIpc) is 3.10. The number of rotatable bonds is 12. The molecule has 0 aliphatic heterocycles. The van der Waals surface area contributed by atoms with Crippen molar-refractivity contribution in [2.24, 2.45) is 11.0 Å². The predicted molar refractivity (Wildman–Crippen MR) is 116 cm³/mol. The summed E-state index contributed by atoms with van der Waals surface area (Å²) in [6, 6.07) is 5.72. The summed E-state index contributed by atoms with van der Waals surface area (Å²) in [4.78, 5) is 15.8. The Morgan fingerprint density at radius 2 is 2.07 bits per heavy atom. The van der Waals surface area contributed by atoms with Crippen LogP contribution in [0.1, 0.15) is 45.4 Å². The summed E-state index contributed by atoms with van der Waals surface area (Å²) in [5.74, 6) is 1.74. The highest BCUT2D eigenvalue weighted by Crippen LogP contribution is 2.28. The number of ether oxygens (including phenoxy) is 3. The van der Waals surface area contributed by atoms with Crippen LogP contribution in [0.4, 0.5) is 5.13 Å². The second-order valence-corrected chi connectivity index (χ2v) is 7.52. The van der Waals surface area contributed by atoms with Gasteiger partial charge in [-0.2, -0.15) is 5.10 Å². The van der Waals surface area contributed by atoms with Crippen molar-refractivity contribution in [3.8, 4) is 11.5 Å². The van der Waals surface area contributed by atoms with Crippen LogP contribution in [0.15, 0.2) is 28.7 Å². The van der Waals surface area contributed by atoms with E-state index in [1.807, 2.05) is 30.5 Å². The van der Waals surface area contributed by atoms with Gasteiger partial charge < -0.3 is 14.2 Å². The molecule has 2 aromatic rings. The molecule has 0 amide bonds. The minimum Gasteiger partial charge on any atom is -0.490 e. The standard InChI is InChI=1S/C21H29N3O4S/c1-5-26-19-11-16(7-8-18(19)28-10-9-15(3)4)13-22-24-21-23-17(14-29-21)12-20(25)27-6-2/h7-8,11,13-15H,5-6,9-10,12H2,1-4H3,(H,23,24). The molecule has 158 valence electrons. The van der Waals surface area contributed by atoms with Crippen molar-refractivity contribution >= 4 is 28.7 Å². The topological polar surface area (TPSA) is 82.0 Å². The lowest BCUT2D eigenvalue weighted by Crippen LogP contribution is -2.07. The molecule has 0 radical (unpaired) electrons. The van der Waals surface area contributed by atoms with Crippen molar-refractivity contribution < 1.29 is 19.0 Å². The number of esters is 1. The van der Waals surface area contributed by atoms with Gasteiger partial charge in [-0.05, 0) is 49.9 Å². The van der Waals surface area contributed by atoms with Crippen LogP contribution < -0.4 is 14.9 Å². The molecule has 0 bridgehead atoms. The zero-order valence-corrected chi connectivity index (χ0v) is 18.3. The lowest BCUT2D eigenvalue weighted by atomic mass is 10.1. The molecule has 0 aliphatic carbocycles. The van der Waals surface area contributed by atoms with Gasteiger partial charge in [-0.15, -0.1) is 11.3 Å². The van der Waals surface area contributed by atoms with Crippen LogP contribution in [-0.4, -0.2) is 37.0 Å². The van der Waals surface area contributed by atoms with Gasteiger partial charge in [0.25, 0.3) is 0 Å². The van der Waals surface area contributed by atoms with Crippen molar-refractivity contribution in [2.75, 3.05) is 25.2 Å². The Labute approximate surface area is 176 Å². The van der Waals surface area contributed by atoms with Gasteiger partial charge >= 0.3 is 5.97 Å². The Kier molecular flexibility index (Phi) is 9.43. The quantitative estimate of drug-likeness (QED) is 0.309. The molecule has 29 heavy (non-hydrogen) atoms. The Morgan fingerprint density at radius 3 is 2.79 bits per heavy atom. The van der Waals surface area contributed by atoms with Crippen LogP contribution in [0.5, 0.6) is 11.5 Å². The molecule has 0 atom stereocenters. The first-order valence-corrected chi connectivity index (χ1v) is 10.7. The fraction of sp³-hybridized carbons (Fsp3) is 0.476. The van der Waals surface area contributed by atoms with Crippen LogP contribution in [-0.2, 0) is 16.0 Å². The fourth-order valence-corrected chi connectivity index (χ4v) is 3.02. The molecule has 0 spiro atoms. The van der Waals surface area contributed by atoms with E-state index in [4.69, 9.17) is 14.2 Å². The monoisotopic (exact) mass is 419 g/mol. The molecule has 0 unspecified atom stereocenters. The summed E-state index contributed by atoms with van der Waals surface area (Å²) in [7, 11) is 0. The third-order valence-corrected chi connectivity index (χ3v) is 4.57. The summed E-state index contributed by atoms with van der Waals surface area (Å²) in [6.45, 7) is 9.64. The Balaban J connectivity index is 1.95. The highest BCUT2D eigenvalue weighted by molar-refractivity contribution is 7.13. The number of carbonyl (C=O) groups is 1. The van der Waals surface area contributed by atoms with Gasteiger partial charge in [0.15, 0.2) is 11.5 Å². The predicted octanol–water partition coefficient (Wildman–Crippen LogP) is 4.52. The number of carbonyl (C=O) groups excluding carboxylic acids is 1. The van der Waals surface area contributed by atoms with Crippen molar-refractivity contribution in [1.82, 2.24) is 4.98 Å². The highest BCUT2D eigenvalue weighted by atomic mass is 32.1. The van der Waals surface area contributed by atoms with Gasteiger partial charge in [-0.3, -0.25) is 10.2 Å². The Morgan fingerprint density at radius 1 is 1.24 bits per heavy atom. The number of hydrazone groups is 1. The number of hydrogen-bond acceptors (Lipinski definition) is 8. The molecule has 0 saturated carbocycles. The smallest absolute Gasteiger partial charge is 0.311 e. The van der Waals surface area contributed by atoms with E-state index in [2.05, 4.69) is 29.4 Å². The summed E-state index contributed by atoms with van der Waals surface area (Å²) in [5, 5.41) is 6.64. The number of anilines is 1. The molecule has 1 N–H and O–H groups in total. The van der Waals surface area contributed by atoms with E-state index in [-0.39, 0.29) is 12.4 Å². The van der Waals surface area contributed by atoms with E-state index >= 15 is 0 Å². The van der Waals surface area contributed by atoms with Crippen molar-refractivity contribution in [3.63, 3.8) is 0 Å². The lowest BCUT2D eigenvalue weighted by molar-refractivity contribution is -0.142. The van der Waals surface area contributed by atoms with Crippen molar-refractivity contribution in [1.29, 1.82) is 0 Å². The van der Waals surface area contributed by atoms with Gasteiger partial charge in [-0.1, -0.05) is 13.8 Å². The molecular formula is C21H29N3O4S. The molecule has 8 heteroatoms. The third-order valence-electron chi connectivity index (χ3n) is 3.78. The molecule has 2 rings (SSSR count). The largest absolute Gasteiger partial charge is 0.490 e. The van der Waals surface area contributed by atoms with Crippen molar-refractivity contribution in [3.05, 3.63) is 34.8 Å². The Bertz CT molecular complexity index is 805. The molecule has 1 aromatic heterocycles. The second kappa shape index (κ2) is 12.1. The first-order chi connectivity index (χ1) is 14.0. The minimum absolute atomic E-state index is 0.158. The van der Waals surface area contributed by atoms with Crippen LogP contribution >= 0.6 is 11.3 Å². The summed E-state index contributed by atoms with van der Waals surface area (Å²) < 4.78 is 16.5. The maximum Gasteiger partial charge on any atom is 0.311 e. The zero-order chi connectivity index (χ0) is 21.1. The van der Waals surface area contributed by atoms with Crippen molar-refractivity contribution in [2.45, 2.75) is 40.5 Å². The normalized spacial score (nSPS) is 11.1. The summed E-state index contributed by atoms with van der Waals surface area (Å²) >= 11 is 1.38. The van der Waals surface area contributed by atoms with Gasteiger partial charge in [-0.25, -0.2) is 4.98 Å². The highest BCUT2D eigenvalue weighted by Gasteiger charge is 2.09. The van der Waals surface area contributed by atoms with Crippen LogP contribution in [0.3, 0.4) is 0 Å². The number of thiazole rings is 1. The van der Waals surface area contributed by atoms with E-state index in [0.29, 0.717) is 42.3 Å². The molecular weight excluding hydrogens is 390 g/mol. The van der Waals surface area contributed by atoms with Crippen LogP contribution in [0.2, 0.25) is 0 Å². The van der Waals surface area contributed by atoms with E-state index in [1.54, 1.807) is 13.1 Å². The van der Waals surface area contributed by atoms with Gasteiger partial charge in [0.2, 0.25) is 5.13 Å². The number of benzene rings is 1. The summed E-state index contributed by atoms with van der Waals surface area (Å²) in [6.07, 6.45) is 2.84. The molecule has 7 nitrogen and oxygen atoms in total. The zero-order valence-electron chi connectivity index (χ0n) is 17.4. The number of aromatic nitrogens is 1. The summed E-state index contributed by atoms with van der Waals surface area (Å²) in [5.41, 5.74) is 4.42. The van der Waals surface area contributed by atoms with Gasteiger partial charge in [0.05, 0.1) is 38.1 Å². The maximum absolute atomic E-state index is 11.5. The Hall–Kier alpha value is -2.61. The van der Waals surface area contributed by atoms with E-state index in [9.17, 15) is 4.79 Å². The van der Waals surface area contributed by atoms with Crippen LogP contribution in [0, 0.1) is 5.92 Å².